The van der Waals surface area contributed by atoms with E-state index in [0.29, 0.717) is 19.0 Å². The van der Waals surface area contributed by atoms with E-state index in [0.717, 1.165) is 33.4 Å². The minimum absolute atomic E-state index is 0.0644. The van der Waals surface area contributed by atoms with Crippen molar-refractivity contribution >= 4 is 5.97 Å². The summed E-state index contributed by atoms with van der Waals surface area (Å²) in [6.07, 6.45) is -9.78. The molecule has 384 valence electrons. The molecule has 12 nitrogen and oxygen atoms in total. The molecule has 0 N–H and O–H groups in total. The summed E-state index contributed by atoms with van der Waals surface area (Å²) in [5.41, 5.74) is 5.69. The highest BCUT2D eigenvalue weighted by molar-refractivity contribution is 5.66. The van der Waals surface area contributed by atoms with Gasteiger partial charge in [-0.2, -0.15) is 0 Å². The third-order valence-corrected chi connectivity index (χ3v) is 12.7. The van der Waals surface area contributed by atoms with Gasteiger partial charge in [0.25, 0.3) is 0 Å². The zero-order valence-corrected chi connectivity index (χ0v) is 41.5. The van der Waals surface area contributed by atoms with Gasteiger partial charge in [-0.05, 0) is 45.5 Å². The fourth-order valence-corrected chi connectivity index (χ4v) is 9.06. The summed E-state index contributed by atoms with van der Waals surface area (Å²) in [6.45, 7) is 2.94. The minimum atomic E-state index is -1.32. The van der Waals surface area contributed by atoms with Gasteiger partial charge in [-0.3, -0.25) is 4.79 Å². The van der Waals surface area contributed by atoms with Crippen molar-refractivity contribution in [3.05, 3.63) is 246 Å². The molecule has 0 aliphatic carbocycles. The molecular weight excluding hydrogens is 937 g/mol. The second-order valence-electron chi connectivity index (χ2n) is 18.2. The lowest BCUT2D eigenvalue weighted by molar-refractivity contribution is -0.371. The van der Waals surface area contributed by atoms with E-state index in [1.165, 1.54) is 6.92 Å². The Labute approximate surface area is 433 Å². The molecule has 0 aromatic heterocycles. The van der Waals surface area contributed by atoms with Gasteiger partial charge < -0.3 is 52.1 Å². The van der Waals surface area contributed by atoms with Crippen molar-refractivity contribution in [2.24, 2.45) is 0 Å². The monoisotopic (exact) mass is 1000 g/mol. The first-order valence-electron chi connectivity index (χ1n) is 25.2. The Hall–Kier alpha value is -6.55. The number of esters is 1. The Bertz CT molecular complexity index is 2650. The number of ether oxygens (including phenoxy) is 11. The van der Waals surface area contributed by atoms with Crippen molar-refractivity contribution in [1.82, 2.24) is 0 Å². The van der Waals surface area contributed by atoms with Crippen molar-refractivity contribution in [3.63, 3.8) is 0 Å². The first-order valence-corrected chi connectivity index (χ1v) is 25.2. The van der Waals surface area contributed by atoms with E-state index in [1.54, 1.807) is 0 Å². The molecule has 2 heterocycles. The van der Waals surface area contributed by atoms with Crippen LogP contribution in [0, 0.1) is 0 Å². The number of hydrogen-bond acceptors (Lipinski definition) is 12. The van der Waals surface area contributed by atoms with Gasteiger partial charge in [0.2, 0.25) is 6.29 Å². The van der Waals surface area contributed by atoms with Gasteiger partial charge in [0.15, 0.2) is 18.5 Å². The fourth-order valence-electron chi connectivity index (χ4n) is 9.06. The lowest BCUT2D eigenvalue weighted by atomic mass is 9.96. The summed E-state index contributed by atoms with van der Waals surface area (Å²) in [4.78, 5) is 13.5. The van der Waals surface area contributed by atoms with Crippen LogP contribution in [0.2, 0.25) is 0 Å². The molecule has 0 unspecified atom stereocenters. The zero-order chi connectivity index (χ0) is 50.6. The number of para-hydroxylation sites is 1. The van der Waals surface area contributed by atoms with Gasteiger partial charge >= 0.3 is 5.97 Å². The van der Waals surface area contributed by atoms with E-state index in [1.807, 2.05) is 212 Å². The lowest BCUT2D eigenvalue weighted by Gasteiger charge is -2.49. The molecule has 2 aliphatic heterocycles. The van der Waals surface area contributed by atoms with Gasteiger partial charge in [0.05, 0.1) is 52.9 Å². The quantitative estimate of drug-likeness (QED) is 0.0507. The molecule has 0 saturated carbocycles. The maximum absolute atomic E-state index is 13.5. The van der Waals surface area contributed by atoms with Crippen molar-refractivity contribution in [3.8, 4) is 5.75 Å². The average Bonchev–Trinajstić information content (AvgIpc) is 3.44. The Kier molecular flexibility index (Phi) is 19.6. The van der Waals surface area contributed by atoms with Crippen LogP contribution < -0.4 is 4.74 Å². The van der Waals surface area contributed by atoms with E-state index in [9.17, 15) is 4.79 Å². The second kappa shape index (κ2) is 27.7. The van der Waals surface area contributed by atoms with Crippen LogP contribution in [0.1, 0.15) is 40.3 Å². The predicted molar refractivity (Wildman–Crippen MR) is 277 cm³/mol. The maximum atomic E-state index is 13.5. The van der Waals surface area contributed by atoms with Gasteiger partial charge in [0.1, 0.15) is 42.4 Å². The van der Waals surface area contributed by atoms with Crippen molar-refractivity contribution in [2.45, 2.75) is 108 Å². The van der Waals surface area contributed by atoms with Gasteiger partial charge in [-0.1, -0.05) is 200 Å². The molecule has 0 amide bonds. The van der Waals surface area contributed by atoms with Crippen LogP contribution in [0.15, 0.2) is 212 Å². The van der Waals surface area contributed by atoms with Crippen LogP contribution in [0.3, 0.4) is 0 Å². The molecule has 12 heteroatoms. The van der Waals surface area contributed by atoms with Crippen LogP contribution in [0.4, 0.5) is 0 Å². The molecule has 7 aromatic rings. The Balaban J connectivity index is 1.11. The summed E-state index contributed by atoms with van der Waals surface area (Å²) < 4.78 is 75.3. The second-order valence-corrected chi connectivity index (χ2v) is 18.2. The van der Waals surface area contributed by atoms with Crippen molar-refractivity contribution in [1.29, 1.82) is 0 Å². The van der Waals surface area contributed by atoms with Crippen LogP contribution in [0.5, 0.6) is 5.75 Å². The Morgan fingerprint density at radius 3 is 1.04 bits per heavy atom. The smallest absolute Gasteiger partial charge is 0.303 e. The molecule has 0 bridgehead atoms. The molecule has 9 rings (SSSR count). The van der Waals surface area contributed by atoms with Gasteiger partial charge in [-0.15, -0.1) is 0 Å². The van der Waals surface area contributed by atoms with E-state index in [2.05, 4.69) is 0 Å². The zero-order valence-electron chi connectivity index (χ0n) is 41.5. The van der Waals surface area contributed by atoms with Crippen LogP contribution in [-0.2, 0) is 91.8 Å². The normalized spacial score (nSPS) is 23.7. The summed E-state index contributed by atoms with van der Waals surface area (Å²) in [5.74, 6) is -0.0538. The highest BCUT2D eigenvalue weighted by Crippen LogP contribution is 2.37. The van der Waals surface area contributed by atoms with Crippen LogP contribution in [0.25, 0.3) is 0 Å². The molecule has 10 atom stereocenters. The topological polar surface area (TPSA) is 119 Å². The maximum Gasteiger partial charge on any atom is 0.303 e. The summed E-state index contributed by atoms with van der Waals surface area (Å²) in [7, 11) is 0. The van der Waals surface area contributed by atoms with E-state index in [4.69, 9.17) is 52.1 Å². The molecule has 7 aromatic carbocycles. The number of benzene rings is 7. The molecular formula is C62H64O12. The molecule has 2 fully saturated rings. The number of carbonyl (C=O) groups is 1. The van der Waals surface area contributed by atoms with Gasteiger partial charge in [0, 0.05) is 6.92 Å². The Morgan fingerprint density at radius 1 is 0.365 bits per heavy atom. The highest BCUT2D eigenvalue weighted by Gasteiger charge is 2.56. The van der Waals surface area contributed by atoms with E-state index >= 15 is 0 Å². The number of carbonyl (C=O) groups excluding carboxylic acids is 1. The number of rotatable bonds is 25. The van der Waals surface area contributed by atoms with Gasteiger partial charge in [-0.25, -0.2) is 0 Å². The number of hydrogen-bond donors (Lipinski definition) is 0. The third kappa shape index (κ3) is 15.3. The SMILES string of the molecule is CC(=O)O[C@@H]1[C@@H](O[C@@H]2[C@@H](Oc3ccccc3)O[C@H](COCc3ccccc3)[C@@H](OCc3ccccc3)[C@@H]2OCc2ccccc2)O[C@H](COCc2ccccc2)[C@@H](OCc2ccccc2)[C@@H]1OCc1ccccc1. The standard InChI is InChI=1S/C62H64O12/c1-45(63)70-59-57(68-41-50-31-17-6-18-32-50)55(66-39-48-27-13-4-14-28-48)54(44-65-38-47-25-11-3-12-26-47)73-62(59)74-60-58(69-42-51-33-19-7-20-34-51)56(67-40-49-29-15-5-16-30-49)53(43-64-37-46-23-9-2-10-24-46)72-61(60)71-52-35-21-8-22-36-52/h2-36,53-62H,37-44H2,1H3/t53-,54-,55-,56-,57+,58+,59+,60+,61+,62-/m1/s1. The molecule has 2 aliphatic rings. The molecule has 0 spiro atoms. The van der Waals surface area contributed by atoms with Crippen LogP contribution >= 0.6 is 0 Å². The average molecular weight is 1000 g/mol. The van der Waals surface area contributed by atoms with E-state index < -0.39 is 67.4 Å². The lowest BCUT2D eigenvalue weighted by Crippen LogP contribution is -2.67. The summed E-state index contributed by atoms with van der Waals surface area (Å²) in [6, 6.07) is 68.7. The van der Waals surface area contributed by atoms with Crippen molar-refractivity contribution < 1.29 is 56.9 Å². The Morgan fingerprint density at radius 2 is 0.676 bits per heavy atom. The largest absolute Gasteiger partial charge is 0.462 e. The first kappa shape index (κ1) is 52.3. The highest BCUT2D eigenvalue weighted by atomic mass is 16.8. The summed E-state index contributed by atoms with van der Waals surface area (Å²) >= 11 is 0. The predicted octanol–water partition coefficient (Wildman–Crippen LogP) is 10.6. The molecule has 0 radical (unpaired) electrons. The first-order chi connectivity index (χ1) is 36.5. The molecule has 74 heavy (non-hydrogen) atoms. The fraction of sp³-hybridized carbons (Fsp3) is 0.306. The van der Waals surface area contributed by atoms with Crippen LogP contribution in [-0.4, -0.2) is 80.6 Å². The minimum Gasteiger partial charge on any atom is -0.462 e. The van der Waals surface area contributed by atoms with E-state index in [-0.39, 0.29) is 39.6 Å². The molecule has 2 saturated heterocycles. The summed E-state index contributed by atoms with van der Waals surface area (Å²) in [5, 5.41) is 0. The third-order valence-electron chi connectivity index (χ3n) is 12.7. The van der Waals surface area contributed by atoms with Crippen molar-refractivity contribution in [2.75, 3.05) is 13.2 Å².